The molecule has 2 rings (SSSR count). The number of aliphatic carboxylic acids is 1. The van der Waals surface area contributed by atoms with E-state index in [0.29, 0.717) is 11.6 Å². The number of nitrogens with one attached hydrogen (secondary N) is 2. The summed E-state index contributed by atoms with van der Waals surface area (Å²) < 4.78 is 43.1. The first-order chi connectivity index (χ1) is 13.7. The van der Waals surface area contributed by atoms with Crippen molar-refractivity contribution < 1.29 is 37.4 Å². The highest BCUT2D eigenvalue weighted by molar-refractivity contribution is 6.39. The van der Waals surface area contributed by atoms with Gasteiger partial charge in [-0.1, -0.05) is 18.2 Å². The number of amides is 2. The number of nitrogens with zero attached hydrogens (tertiary/aromatic N) is 1. The number of carbonyl (C=O) groups excluding carboxylic acids is 2. The molecule has 2 aromatic carbocycles. The van der Waals surface area contributed by atoms with Crippen molar-refractivity contribution in [2.75, 3.05) is 11.9 Å². The monoisotopic (exact) mass is 409 g/mol. The molecule has 0 aliphatic carbocycles. The molecule has 0 heterocycles. The first-order valence-corrected chi connectivity index (χ1v) is 7.92. The van der Waals surface area contributed by atoms with Crippen LogP contribution in [0, 0.1) is 0 Å². The average molecular weight is 409 g/mol. The van der Waals surface area contributed by atoms with Gasteiger partial charge in [0.1, 0.15) is 5.75 Å². The highest BCUT2D eigenvalue weighted by atomic mass is 19.4. The number of rotatable bonds is 6. The van der Waals surface area contributed by atoms with Gasteiger partial charge >= 0.3 is 24.0 Å². The minimum Gasteiger partial charge on any atom is -0.481 e. The van der Waals surface area contributed by atoms with Gasteiger partial charge in [0.05, 0.1) is 11.8 Å². The Kier molecular flexibility index (Phi) is 6.90. The molecule has 0 atom stereocenters. The molecule has 0 saturated heterocycles. The molecule has 0 aromatic heterocycles. The molecular weight excluding hydrogens is 395 g/mol. The Morgan fingerprint density at radius 2 is 1.79 bits per heavy atom. The van der Waals surface area contributed by atoms with Crippen molar-refractivity contribution in [1.29, 1.82) is 0 Å². The zero-order valence-corrected chi connectivity index (χ0v) is 14.6. The van der Waals surface area contributed by atoms with Crippen LogP contribution in [0.1, 0.15) is 11.1 Å². The number of alkyl halides is 3. The Labute approximate surface area is 162 Å². The third kappa shape index (κ3) is 6.65. The van der Waals surface area contributed by atoms with Crippen molar-refractivity contribution in [2.24, 2.45) is 5.10 Å². The lowest BCUT2D eigenvalue weighted by molar-refractivity contribution is -0.139. The number of hydrogen-bond donors (Lipinski definition) is 3. The number of hydrogen-bond acceptors (Lipinski definition) is 5. The molecule has 0 unspecified atom stereocenters. The van der Waals surface area contributed by atoms with E-state index in [1.807, 2.05) is 10.7 Å². The maximum atomic E-state index is 12.7. The maximum Gasteiger partial charge on any atom is 0.416 e. The second-order valence-corrected chi connectivity index (χ2v) is 5.45. The Morgan fingerprint density at radius 3 is 2.48 bits per heavy atom. The zero-order chi connectivity index (χ0) is 21.4. The van der Waals surface area contributed by atoms with Crippen LogP contribution in [0.15, 0.2) is 53.6 Å². The number of benzene rings is 2. The second kappa shape index (κ2) is 9.35. The van der Waals surface area contributed by atoms with Crippen LogP contribution in [-0.4, -0.2) is 35.7 Å². The SMILES string of the molecule is O=C(O)COc1ccccc1/C=N/NC(=O)C(=O)Nc1cccc(C(F)(F)F)c1. The smallest absolute Gasteiger partial charge is 0.416 e. The Hall–Kier alpha value is -3.89. The normalized spacial score (nSPS) is 11.1. The molecule has 0 saturated carbocycles. The quantitative estimate of drug-likeness (QED) is 0.384. The summed E-state index contributed by atoms with van der Waals surface area (Å²) in [5.74, 6) is -3.45. The molecule has 2 aromatic rings. The number of anilines is 1. The van der Waals surface area contributed by atoms with Gasteiger partial charge in [0.2, 0.25) is 0 Å². The van der Waals surface area contributed by atoms with Gasteiger partial charge in [-0.3, -0.25) is 9.59 Å². The Morgan fingerprint density at radius 1 is 1.07 bits per heavy atom. The van der Waals surface area contributed by atoms with Crippen LogP contribution in [0.25, 0.3) is 0 Å². The molecular formula is C18H14F3N3O5. The van der Waals surface area contributed by atoms with Crippen LogP contribution in [0.3, 0.4) is 0 Å². The van der Waals surface area contributed by atoms with E-state index in [1.54, 1.807) is 12.1 Å². The summed E-state index contributed by atoms with van der Waals surface area (Å²) in [5.41, 5.74) is 1.05. The zero-order valence-electron chi connectivity index (χ0n) is 14.6. The predicted molar refractivity (Wildman–Crippen MR) is 95.4 cm³/mol. The van der Waals surface area contributed by atoms with Crippen molar-refractivity contribution >= 4 is 29.7 Å². The van der Waals surface area contributed by atoms with Crippen LogP contribution >= 0.6 is 0 Å². The van der Waals surface area contributed by atoms with Gasteiger partial charge in [-0.2, -0.15) is 18.3 Å². The standard InChI is InChI=1S/C18H14F3N3O5/c19-18(20,21)12-5-3-6-13(8-12)23-16(27)17(28)24-22-9-11-4-1-2-7-14(11)29-10-15(25)26/h1-9H,10H2,(H,23,27)(H,24,28)(H,25,26)/b22-9+. The van der Waals surface area contributed by atoms with Gasteiger partial charge in [0.25, 0.3) is 0 Å². The van der Waals surface area contributed by atoms with Gasteiger partial charge in [-0.05, 0) is 30.3 Å². The van der Waals surface area contributed by atoms with E-state index in [0.717, 1.165) is 18.3 Å². The summed E-state index contributed by atoms with van der Waals surface area (Å²) in [7, 11) is 0. The van der Waals surface area contributed by atoms with E-state index >= 15 is 0 Å². The summed E-state index contributed by atoms with van der Waals surface area (Å²) >= 11 is 0. The van der Waals surface area contributed by atoms with Gasteiger partial charge in [-0.25, -0.2) is 10.2 Å². The summed E-state index contributed by atoms with van der Waals surface area (Å²) in [6, 6.07) is 9.99. The van der Waals surface area contributed by atoms with E-state index in [9.17, 15) is 27.6 Å². The second-order valence-electron chi connectivity index (χ2n) is 5.45. The maximum absolute atomic E-state index is 12.7. The highest BCUT2D eigenvalue weighted by Crippen LogP contribution is 2.30. The summed E-state index contributed by atoms with van der Waals surface area (Å²) in [6.07, 6.45) is -3.48. The number of halogens is 3. The van der Waals surface area contributed by atoms with Gasteiger partial charge in [0, 0.05) is 11.3 Å². The molecule has 8 nitrogen and oxygen atoms in total. The molecule has 2 amide bonds. The highest BCUT2D eigenvalue weighted by Gasteiger charge is 2.30. The van der Waals surface area contributed by atoms with Gasteiger partial charge in [-0.15, -0.1) is 0 Å². The van der Waals surface area contributed by atoms with Crippen LogP contribution in [0.2, 0.25) is 0 Å². The minimum atomic E-state index is -4.59. The lowest BCUT2D eigenvalue weighted by atomic mass is 10.2. The first kappa shape index (κ1) is 21.4. The third-order valence-corrected chi connectivity index (χ3v) is 3.29. The van der Waals surface area contributed by atoms with Crippen molar-refractivity contribution in [3.05, 3.63) is 59.7 Å². The van der Waals surface area contributed by atoms with Crippen LogP contribution in [0.4, 0.5) is 18.9 Å². The molecule has 11 heteroatoms. The lowest BCUT2D eigenvalue weighted by Gasteiger charge is -2.09. The molecule has 0 fully saturated rings. The lowest BCUT2D eigenvalue weighted by Crippen LogP contribution is -2.32. The van der Waals surface area contributed by atoms with Crippen LogP contribution < -0.4 is 15.5 Å². The largest absolute Gasteiger partial charge is 0.481 e. The van der Waals surface area contributed by atoms with Gasteiger partial charge < -0.3 is 15.2 Å². The molecule has 152 valence electrons. The van der Waals surface area contributed by atoms with Gasteiger partial charge in [0.15, 0.2) is 6.61 Å². The fourth-order valence-corrected chi connectivity index (χ4v) is 2.03. The molecule has 29 heavy (non-hydrogen) atoms. The summed E-state index contributed by atoms with van der Waals surface area (Å²) in [5, 5.41) is 14.2. The average Bonchev–Trinajstić information content (AvgIpc) is 2.66. The molecule has 0 spiro atoms. The first-order valence-electron chi connectivity index (χ1n) is 7.92. The van der Waals surface area contributed by atoms with Crippen LogP contribution in [0.5, 0.6) is 5.75 Å². The topological polar surface area (TPSA) is 117 Å². The molecule has 0 radical (unpaired) electrons. The van der Waals surface area contributed by atoms with Crippen molar-refractivity contribution in [2.45, 2.75) is 6.18 Å². The fraction of sp³-hybridized carbons (Fsp3) is 0.111. The van der Waals surface area contributed by atoms with Crippen LogP contribution in [-0.2, 0) is 20.6 Å². The predicted octanol–water partition coefficient (Wildman–Crippen LogP) is 2.26. The number of para-hydroxylation sites is 1. The van der Waals surface area contributed by atoms with E-state index in [4.69, 9.17) is 9.84 Å². The third-order valence-electron chi connectivity index (χ3n) is 3.29. The minimum absolute atomic E-state index is 0.182. The Bertz CT molecular complexity index is 944. The number of ether oxygens (including phenoxy) is 1. The summed E-state index contributed by atoms with van der Waals surface area (Å²) in [6.45, 7) is -0.587. The molecule has 0 aliphatic rings. The molecule has 0 bridgehead atoms. The number of hydrazone groups is 1. The molecule has 3 N–H and O–H groups in total. The van der Waals surface area contributed by atoms with E-state index < -0.39 is 36.1 Å². The number of carboxylic acid groups (broad SMARTS) is 1. The van der Waals surface area contributed by atoms with Crippen molar-refractivity contribution in [3.8, 4) is 5.75 Å². The number of carbonyl (C=O) groups is 3. The molecule has 0 aliphatic heterocycles. The number of carboxylic acids is 1. The van der Waals surface area contributed by atoms with Crippen molar-refractivity contribution in [1.82, 2.24) is 5.43 Å². The fourth-order valence-electron chi connectivity index (χ4n) is 2.03. The Balaban J connectivity index is 1.97. The summed E-state index contributed by atoms with van der Waals surface area (Å²) in [4.78, 5) is 34.1. The van der Waals surface area contributed by atoms with E-state index in [-0.39, 0.29) is 11.4 Å². The van der Waals surface area contributed by atoms with E-state index in [2.05, 4.69) is 5.10 Å². The van der Waals surface area contributed by atoms with Crippen molar-refractivity contribution in [3.63, 3.8) is 0 Å². The van der Waals surface area contributed by atoms with E-state index in [1.165, 1.54) is 18.2 Å².